The Labute approximate surface area is 125 Å². The SMILES string of the molecule is [2H]C1([2H])C[C@]2(CO2)[C@@H]([C@@]2(C)O[C@@H]2CC=C(C)C)[C@@]([2H])(OC)[C@H]1O. The van der Waals surface area contributed by atoms with Crippen molar-refractivity contribution in [3.8, 4) is 0 Å². The van der Waals surface area contributed by atoms with E-state index in [-0.39, 0.29) is 12.5 Å². The highest BCUT2D eigenvalue weighted by atomic mass is 16.6. The minimum atomic E-state index is -1.93. The zero-order valence-corrected chi connectivity index (χ0v) is 12.6. The van der Waals surface area contributed by atoms with E-state index in [0.29, 0.717) is 6.61 Å². The zero-order valence-electron chi connectivity index (χ0n) is 15.6. The number of hydrogen-bond acceptors (Lipinski definition) is 4. The molecule has 2 aliphatic heterocycles. The first kappa shape index (κ1) is 11.2. The normalized spacial score (nSPS) is 58.5. The highest BCUT2D eigenvalue weighted by Gasteiger charge is 2.71. The molecular formula is C16H26O4. The lowest BCUT2D eigenvalue weighted by molar-refractivity contribution is -0.116. The van der Waals surface area contributed by atoms with Crippen molar-refractivity contribution in [1.29, 1.82) is 0 Å². The predicted molar refractivity (Wildman–Crippen MR) is 75.5 cm³/mol. The van der Waals surface area contributed by atoms with Gasteiger partial charge in [0.1, 0.15) is 5.60 Å². The molecule has 0 unspecified atom stereocenters. The van der Waals surface area contributed by atoms with Crippen molar-refractivity contribution >= 4 is 0 Å². The molecular weight excluding hydrogens is 256 g/mol. The van der Waals surface area contributed by atoms with Gasteiger partial charge in [-0.05, 0) is 40.0 Å². The molecule has 0 aromatic carbocycles. The molecule has 4 nitrogen and oxygen atoms in total. The fourth-order valence-corrected chi connectivity index (χ4v) is 3.44. The Morgan fingerprint density at radius 2 is 2.30 bits per heavy atom. The number of rotatable bonds is 4. The van der Waals surface area contributed by atoms with E-state index in [1.165, 1.54) is 12.7 Å². The molecule has 0 bridgehead atoms. The molecule has 3 fully saturated rings. The number of ether oxygens (including phenoxy) is 3. The standard InChI is InChI=1S/C16H26O4/c1-10(2)5-6-12-15(3,20-12)14-13(18-4)11(17)7-8-16(14)9-19-16/h5,11-14,17H,6-9H2,1-4H3/t11-,12+,13-,14+,15-,16-/m0/s1/i7D2,13D. The van der Waals surface area contributed by atoms with Gasteiger partial charge in [-0.3, -0.25) is 0 Å². The second kappa shape index (κ2) is 4.80. The molecule has 2 heterocycles. The van der Waals surface area contributed by atoms with Gasteiger partial charge in [-0.2, -0.15) is 0 Å². The van der Waals surface area contributed by atoms with Crippen molar-refractivity contribution < 1.29 is 23.4 Å². The summed E-state index contributed by atoms with van der Waals surface area (Å²) in [5, 5.41) is 10.5. The molecule has 20 heavy (non-hydrogen) atoms. The average Bonchev–Trinajstić information content (AvgIpc) is 3.33. The van der Waals surface area contributed by atoms with Crippen LogP contribution in [0.4, 0.5) is 0 Å². The van der Waals surface area contributed by atoms with Gasteiger partial charge in [0, 0.05) is 9.85 Å². The zero-order chi connectivity index (χ0) is 17.3. The minimum Gasteiger partial charge on any atom is -0.390 e. The number of hydrogen-bond donors (Lipinski definition) is 1. The maximum absolute atomic E-state index is 10.5. The van der Waals surface area contributed by atoms with Crippen LogP contribution in [0.15, 0.2) is 11.6 Å². The fraction of sp³-hybridized carbons (Fsp3) is 0.875. The van der Waals surface area contributed by atoms with Gasteiger partial charge in [0.25, 0.3) is 0 Å². The Bertz CT molecular complexity index is 529. The van der Waals surface area contributed by atoms with Gasteiger partial charge in [-0.1, -0.05) is 11.6 Å². The van der Waals surface area contributed by atoms with Gasteiger partial charge in [-0.25, -0.2) is 0 Å². The first-order valence-corrected chi connectivity index (χ1v) is 7.20. The first-order chi connectivity index (χ1) is 10.5. The number of epoxide rings is 2. The molecule has 0 radical (unpaired) electrons. The Morgan fingerprint density at radius 3 is 2.85 bits per heavy atom. The lowest BCUT2D eigenvalue weighted by Crippen LogP contribution is -2.54. The minimum absolute atomic E-state index is 0.0597. The van der Waals surface area contributed by atoms with Crippen LogP contribution < -0.4 is 0 Å². The second-order valence-corrected chi connectivity index (χ2v) is 6.48. The monoisotopic (exact) mass is 285 g/mol. The Morgan fingerprint density at radius 1 is 1.60 bits per heavy atom. The van der Waals surface area contributed by atoms with Crippen LogP contribution in [0, 0.1) is 5.92 Å². The van der Waals surface area contributed by atoms with Crippen LogP contribution in [0.2, 0.25) is 0 Å². The van der Waals surface area contributed by atoms with Crippen LogP contribution in [0.3, 0.4) is 0 Å². The Hall–Kier alpha value is -0.420. The van der Waals surface area contributed by atoms with E-state index in [2.05, 4.69) is 6.08 Å². The van der Waals surface area contributed by atoms with Crippen molar-refractivity contribution in [2.24, 2.45) is 5.92 Å². The average molecular weight is 285 g/mol. The van der Waals surface area contributed by atoms with E-state index >= 15 is 0 Å². The molecule has 3 aliphatic rings. The van der Waals surface area contributed by atoms with Crippen LogP contribution in [-0.4, -0.2) is 48.3 Å². The van der Waals surface area contributed by atoms with Gasteiger partial charge >= 0.3 is 0 Å². The third-order valence-corrected chi connectivity index (χ3v) is 4.72. The molecule has 3 rings (SSSR count). The van der Waals surface area contributed by atoms with Crippen LogP contribution in [0.1, 0.15) is 44.1 Å². The molecule has 1 aliphatic carbocycles. The summed E-state index contributed by atoms with van der Waals surface area (Å²) >= 11 is 0. The summed E-state index contributed by atoms with van der Waals surface area (Å²) in [6.07, 6.45) is -2.46. The maximum Gasteiger partial charge on any atom is 0.101 e. The van der Waals surface area contributed by atoms with Crippen molar-refractivity contribution in [3.63, 3.8) is 0 Å². The van der Waals surface area contributed by atoms with Crippen molar-refractivity contribution in [3.05, 3.63) is 11.6 Å². The molecule has 0 aromatic rings. The molecule has 1 N–H and O–H groups in total. The fourth-order valence-electron chi connectivity index (χ4n) is 3.44. The van der Waals surface area contributed by atoms with Gasteiger partial charge in [0.05, 0.1) is 37.8 Å². The summed E-state index contributed by atoms with van der Waals surface area (Å²) in [4.78, 5) is 0. The van der Waals surface area contributed by atoms with E-state index in [0.717, 1.165) is 6.42 Å². The highest BCUT2D eigenvalue weighted by molar-refractivity contribution is 5.20. The van der Waals surface area contributed by atoms with Gasteiger partial charge in [0.2, 0.25) is 0 Å². The van der Waals surface area contributed by atoms with E-state index in [9.17, 15) is 5.11 Å². The largest absolute Gasteiger partial charge is 0.390 e. The lowest BCUT2D eigenvalue weighted by Gasteiger charge is -2.41. The molecule has 114 valence electrons. The number of aliphatic hydroxyl groups is 1. The van der Waals surface area contributed by atoms with Gasteiger partial charge < -0.3 is 19.3 Å². The number of methoxy groups -OCH3 is 1. The summed E-state index contributed by atoms with van der Waals surface area (Å²) in [6, 6.07) is 0. The maximum atomic E-state index is 10.5. The Balaban J connectivity index is 1.92. The second-order valence-electron chi connectivity index (χ2n) is 6.48. The quantitative estimate of drug-likeness (QED) is 0.634. The van der Waals surface area contributed by atoms with Crippen LogP contribution in [0.25, 0.3) is 0 Å². The van der Waals surface area contributed by atoms with Crippen LogP contribution >= 0.6 is 0 Å². The molecule has 4 heteroatoms. The summed E-state index contributed by atoms with van der Waals surface area (Å²) in [6.45, 7) is 6.34. The van der Waals surface area contributed by atoms with Gasteiger partial charge in [-0.15, -0.1) is 0 Å². The molecule has 0 aromatic heterocycles. The molecule has 6 atom stereocenters. The summed E-state index contributed by atoms with van der Waals surface area (Å²) in [5.41, 5.74) is -0.240. The van der Waals surface area contributed by atoms with Crippen molar-refractivity contribution in [2.45, 2.75) is 69.5 Å². The topological polar surface area (TPSA) is 54.5 Å². The third-order valence-electron chi connectivity index (χ3n) is 4.72. The number of aliphatic hydroxyl groups excluding tert-OH is 1. The molecule has 1 spiro atoms. The first-order valence-electron chi connectivity index (χ1n) is 8.70. The molecule has 1 saturated carbocycles. The van der Waals surface area contributed by atoms with E-state index in [1.807, 2.05) is 20.8 Å². The van der Waals surface area contributed by atoms with Crippen LogP contribution in [0.5, 0.6) is 0 Å². The third kappa shape index (κ3) is 2.23. The number of allylic oxidation sites excluding steroid dienone is 1. The van der Waals surface area contributed by atoms with Crippen molar-refractivity contribution in [1.82, 2.24) is 0 Å². The lowest BCUT2D eigenvalue weighted by atomic mass is 9.68. The van der Waals surface area contributed by atoms with Gasteiger partial charge in [0.15, 0.2) is 0 Å². The molecule has 0 amide bonds. The summed E-state index contributed by atoms with van der Waals surface area (Å²) in [5.74, 6) is -0.540. The smallest absolute Gasteiger partial charge is 0.101 e. The van der Waals surface area contributed by atoms with E-state index in [4.69, 9.17) is 18.3 Å². The van der Waals surface area contributed by atoms with E-state index < -0.39 is 35.7 Å². The summed E-state index contributed by atoms with van der Waals surface area (Å²) < 4.78 is 41.8. The van der Waals surface area contributed by atoms with Crippen molar-refractivity contribution in [2.75, 3.05) is 13.7 Å². The predicted octanol–water partition coefficient (Wildman–Crippen LogP) is 2.06. The van der Waals surface area contributed by atoms with E-state index in [1.54, 1.807) is 0 Å². The highest BCUT2D eigenvalue weighted by Crippen LogP contribution is 2.59. The molecule has 2 saturated heterocycles. The van der Waals surface area contributed by atoms with Crippen LogP contribution in [-0.2, 0) is 14.2 Å². The Kier molecular flexibility index (Phi) is 2.69. The summed E-state index contributed by atoms with van der Waals surface area (Å²) in [7, 11) is 1.34.